The lowest BCUT2D eigenvalue weighted by atomic mass is 10.0. The van der Waals surface area contributed by atoms with Crippen molar-refractivity contribution in [3.8, 4) is 0 Å². The Morgan fingerprint density at radius 2 is 1.27 bits per heavy atom. The van der Waals surface area contributed by atoms with E-state index in [1.165, 1.54) is 77.0 Å². The number of hydrogen-bond donors (Lipinski definition) is 1. The third-order valence-electron chi connectivity index (χ3n) is 5.09. The van der Waals surface area contributed by atoms with Gasteiger partial charge in [0.05, 0.1) is 6.67 Å². The average Bonchev–Trinajstić information content (AvgIpc) is 2.60. The summed E-state index contributed by atoms with van der Waals surface area (Å²) in [5.74, 6) is 1.08. The third-order valence-corrected chi connectivity index (χ3v) is 5.09. The maximum absolute atomic E-state index is 11.7. The Morgan fingerprint density at radius 3 is 1.73 bits per heavy atom. The fourth-order valence-electron chi connectivity index (χ4n) is 3.38. The van der Waals surface area contributed by atoms with Crippen LogP contribution in [0, 0.1) is 5.92 Å². The van der Waals surface area contributed by atoms with E-state index in [1.54, 1.807) is 0 Å². The lowest BCUT2D eigenvalue weighted by Gasteiger charge is -2.16. The summed E-state index contributed by atoms with van der Waals surface area (Å²) in [6.07, 6.45) is 19.4. The van der Waals surface area contributed by atoms with Gasteiger partial charge in [-0.3, -0.25) is 9.69 Å². The molecule has 0 saturated carbocycles. The van der Waals surface area contributed by atoms with Gasteiger partial charge in [0.2, 0.25) is 5.91 Å². The normalized spacial score (nSPS) is 11.5. The fourth-order valence-corrected chi connectivity index (χ4v) is 3.38. The van der Waals surface area contributed by atoms with Gasteiger partial charge < -0.3 is 5.32 Å². The van der Waals surface area contributed by atoms with E-state index in [9.17, 15) is 4.79 Å². The Labute approximate surface area is 164 Å². The van der Waals surface area contributed by atoms with Gasteiger partial charge in [0, 0.05) is 6.42 Å². The van der Waals surface area contributed by atoms with Crippen LogP contribution in [-0.2, 0) is 4.79 Å². The monoisotopic (exact) mass is 368 g/mol. The number of hydrogen-bond acceptors (Lipinski definition) is 2. The van der Waals surface area contributed by atoms with Crippen LogP contribution in [0.3, 0.4) is 0 Å². The van der Waals surface area contributed by atoms with E-state index in [2.05, 4.69) is 38.0 Å². The van der Waals surface area contributed by atoms with Crippen molar-refractivity contribution in [1.82, 2.24) is 10.2 Å². The summed E-state index contributed by atoms with van der Waals surface area (Å²) in [5.41, 5.74) is 0. The predicted octanol–water partition coefficient (Wildman–Crippen LogP) is 6.52. The van der Waals surface area contributed by atoms with E-state index in [1.807, 2.05) is 0 Å². The summed E-state index contributed by atoms with van der Waals surface area (Å²) in [6, 6.07) is 0. The summed E-state index contributed by atoms with van der Waals surface area (Å²) in [4.78, 5) is 13.9. The Kier molecular flexibility index (Phi) is 18.8. The zero-order valence-corrected chi connectivity index (χ0v) is 18.5. The first-order valence-corrected chi connectivity index (χ1v) is 11.5. The summed E-state index contributed by atoms with van der Waals surface area (Å²) < 4.78 is 0. The number of unbranched alkanes of at least 4 members (excludes halogenated alkanes) is 11. The van der Waals surface area contributed by atoms with Crippen LogP contribution >= 0.6 is 0 Å². The molecule has 0 saturated heterocycles. The van der Waals surface area contributed by atoms with Crippen LogP contribution < -0.4 is 5.32 Å². The van der Waals surface area contributed by atoms with Crippen LogP contribution in [0.25, 0.3) is 0 Å². The first kappa shape index (κ1) is 25.4. The fraction of sp³-hybridized carbons (Fsp3) is 0.957. The van der Waals surface area contributed by atoms with Gasteiger partial charge in [0.25, 0.3) is 0 Å². The molecule has 0 radical (unpaired) electrons. The molecule has 0 bridgehead atoms. The molecule has 3 heteroatoms. The number of amides is 1. The summed E-state index contributed by atoms with van der Waals surface area (Å²) in [6.45, 7) is 8.53. The molecule has 0 unspecified atom stereocenters. The van der Waals surface area contributed by atoms with Crippen molar-refractivity contribution in [1.29, 1.82) is 0 Å². The molecule has 0 aromatic carbocycles. The van der Waals surface area contributed by atoms with Gasteiger partial charge in [0.1, 0.15) is 0 Å². The minimum Gasteiger partial charge on any atom is -0.343 e. The summed E-state index contributed by atoms with van der Waals surface area (Å²) in [5, 5.41) is 3.00. The molecule has 156 valence electrons. The van der Waals surface area contributed by atoms with Crippen LogP contribution in [-0.4, -0.2) is 31.1 Å². The predicted molar refractivity (Wildman–Crippen MR) is 115 cm³/mol. The van der Waals surface area contributed by atoms with Crippen molar-refractivity contribution in [2.45, 2.75) is 117 Å². The molecule has 0 rings (SSSR count). The van der Waals surface area contributed by atoms with E-state index in [4.69, 9.17) is 0 Å². The second kappa shape index (κ2) is 19.2. The maximum Gasteiger partial charge on any atom is 0.220 e. The van der Waals surface area contributed by atoms with Crippen LogP contribution in [0.2, 0.25) is 0 Å². The van der Waals surface area contributed by atoms with Crippen molar-refractivity contribution < 1.29 is 4.79 Å². The first-order valence-electron chi connectivity index (χ1n) is 11.5. The Bertz CT molecular complexity index is 305. The molecule has 0 heterocycles. The number of rotatable bonds is 19. The Balaban J connectivity index is 3.18. The highest BCUT2D eigenvalue weighted by Gasteiger charge is 2.02. The SMILES string of the molecule is CCCN(C)CNC(=O)CCCCCCCCCCCCCCC(C)C. The molecule has 3 nitrogen and oxygen atoms in total. The van der Waals surface area contributed by atoms with Gasteiger partial charge in [-0.25, -0.2) is 0 Å². The molecule has 26 heavy (non-hydrogen) atoms. The van der Waals surface area contributed by atoms with Crippen molar-refractivity contribution in [3.05, 3.63) is 0 Å². The van der Waals surface area contributed by atoms with E-state index in [-0.39, 0.29) is 5.91 Å². The van der Waals surface area contributed by atoms with Gasteiger partial charge >= 0.3 is 0 Å². The maximum atomic E-state index is 11.7. The van der Waals surface area contributed by atoms with Crippen LogP contribution in [0.4, 0.5) is 0 Å². The molecule has 0 fully saturated rings. The van der Waals surface area contributed by atoms with Crippen LogP contribution in [0.1, 0.15) is 117 Å². The molecule has 0 spiro atoms. The molecule has 0 aliphatic carbocycles. The van der Waals surface area contributed by atoms with Crippen LogP contribution in [0.15, 0.2) is 0 Å². The number of nitrogens with zero attached hydrogens (tertiary/aromatic N) is 1. The van der Waals surface area contributed by atoms with Crippen molar-refractivity contribution >= 4 is 5.91 Å². The number of carbonyl (C=O) groups is 1. The summed E-state index contributed by atoms with van der Waals surface area (Å²) in [7, 11) is 2.05. The molecule has 0 aromatic heterocycles. The number of nitrogens with one attached hydrogen (secondary N) is 1. The summed E-state index contributed by atoms with van der Waals surface area (Å²) >= 11 is 0. The zero-order chi connectivity index (χ0) is 19.5. The van der Waals surface area contributed by atoms with Gasteiger partial charge in [-0.1, -0.05) is 97.8 Å². The third kappa shape index (κ3) is 19.8. The second-order valence-corrected chi connectivity index (χ2v) is 8.51. The highest BCUT2D eigenvalue weighted by Crippen LogP contribution is 2.14. The minimum atomic E-state index is 0.210. The highest BCUT2D eigenvalue weighted by molar-refractivity contribution is 5.75. The number of carbonyl (C=O) groups excluding carboxylic acids is 1. The molecule has 1 amide bonds. The van der Waals surface area contributed by atoms with E-state index in [0.29, 0.717) is 13.1 Å². The lowest BCUT2D eigenvalue weighted by molar-refractivity contribution is -0.121. The lowest BCUT2D eigenvalue weighted by Crippen LogP contribution is -2.35. The average molecular weight is 369 g/mol. The molecule has 0 aliphatic rings. The highest BCUT2D eigenvalue weighted by atomic mass is 16.1. The molecule has 0 atom stereocenters. The topological polar surface area (TPSA) is 32.3 Å². The Hall–Kier alpha value is -0.570. The minimum absolute atomic E-state index is 0.210. The van der Waals surface area contributed by atoms with E-state index < -0.39 is 0 Å². The van der Waals surface area contributed by atoms with E-state index in [0.717, 1.165) is 25.3 Å². The zero-order valence-electron chi connectivity index (χ0n) is 18.5. The molecular weight excluding hydrogens is 320 g/mol. The van der Waals surface area contributed by atoms with Crippen molar-refractivity contribution in [2.24, 2.45) is 5.92 Å². The standard InChI is InChI=1S/C23H48N2O/c1-5-20-25(4)21-24-23(26)19-17-15-13-11-9-7-6-8-10-12-14-16-18-22(2)3/h22H,5-21H2,1-4H3,(H,24,26). The van der Waals surface area contributed by atoms with Gasteiger partial charge in [0.15, 0.2) is 0 Å². The molecular formula is C23H48N2O. The van der Waals surface area contributed by atoms with Crippen LogP contribution in [0.5, 0.6) is 0 Å². The van der Waals surface area contributed by atoms with Crippen molar-refractivity contribution in [3.63, 3.8) is 0 Å². The van der Waals surface area contributed by atoms with Crippen molar-refractivity contribution in [2.75, 3.05) is 20.3 Å². The Morgan fingerprint density at radius 1 is 0.808 bits per heavy atom. The largest absolute Gasteiger partial charge is 0.343 e. The van der Waals surface area contributed by atoms with Gasteiger partial charge in [-0.15, -0.1) is 0 Å². The molecule has 0 aliphatic heterocycles. The quantitative estimate of drug-likeness (QED) is 0.208. The first-order chi connectivity index (χ1) is 12.6. The smallest absolute Gasteiger partial charge is 0.220 e. The van der Waals surface area contributed by atoms with Gasteiger partial charge in [-0.2, -0.15) is 0 Å². The molecule has 1 N–H and O–H groups in total. The van der Waals surface area contributed by atoms with Gasteiger partial charge in [-0.05, 0) is 32.4 Å². The molecule has 0 aromatic rings. The second-order valence-electron chi connectivity index (χ2n) is 8.51. The van der Waals surface area contributed by atoms with E-state index >= 15 is 0 Å².